The lowest BCUT2D eigenvalue weighted by molar-refractivity contribution is 0.610. The smallest absolute Gasteiger partial charge is 0.128 e. The summed E-state index contributed by atoms with van der Waals surface area (Å²) in [5, 5.41) is 7.12. The van der Waals surface area contributed by atoms with Gasteiger partial charge in [0.15, 0.2) is 0 Å². The first-order chi connectivity index (χ1) is 10.1. The molecule has 1 aliphatic heterocycles. The highest BCUT2D eigenvalue weighted by atomic mass is 35.5. The van der Waals surface area contributed by atoms with Crippen LogP contribution >= 0.6 is 23.2 Å². The van der Waals surface area contributed by atoms with Gasteiger partial charge in [-0.05, 0) is 36.8 Å². The molecule has 0 aliphatic carbocycles. The Balaban J connectivity index is 1.92. The molecular weight excluding hydrogens is 310 g/mol. The number of nitrogens with zero attached hydrogens (tertiary/aromatic N) is 2. The van der Waals surface area contributed by atoms with Crippen molar-refractivity contribution in [3.8, 4) is 0 Å². The lowest BCUT2D eigenvalue weighted by Crippen LogP contribution is -2.12. The predicted molar refractivity (Wildman–Crippen MR) is 85.5 cm³/mol. The molecule has 107 valence electrons. The molecule has 3 rings (SSSR count). The van der Waals surface area contributed by atoms with Gasteiger partial charge in [0.05, 0.1) is 23.2 Å². The summed E-state index contributed by atoms with van der Waals surface area (Å²) in [6.45, 7) is 3.72. The molecule has 0 fully saturated rings. The van der Waals surface area contributed by atoms with Gasteiger partial charge >= 0.3 is 0 Å². The molecule has 5 heteroatoms. The van der Waals surface area contributed by atoms with Crippen LogP contribution in [0.1, 0.15) is 18.4 Å². The standard InChI is InChI=1S/C16H12Cl2FN2/c1-10-13(12-7-6-11(17)8-15(12)19)9-21(20-10)16-5-3-2-4-14(16)18/h2-9,13H,1H3. The molecule has 0 N–H and O–H groups in total. The third-order valence-corrected chi connectivity index (χ3v) is 3.96. The number of hydrogen-bond acceptors (Lipinski definition) is 2. The van der Waals surface area contributed by atoms with E-state index < -0.39 is 0 Å². The van der Waals surface area contributed by atoms with E-state index in [9.17, 15) is 4.39 Å². The summed E-state index contributed by atoms with van der Waals surface area (Å²) < 4.78 is 14.1. The number of halogens is 3. The molecule has 0 bridgehead atoms. The van der Waals surface area contributed by atoms with Gasteiger partial charge in [-0.3, -0.25) is 5.01 Å². The maximum atomic E-state index is 14.1. The molecule has 0 spiro atoms. The van der Waals surface area contributed by atoms with Crippen LogP contribution in [0.5, 0.6) is 0 Å². The minimum absolute atomic E-state index is 0.224. The van der Waals surface area contributed by atoms with E-state index in [-0.39, 0.29) is 11.7 Å². The molecule has 1 atom stereocenters. The van der Waals surface area contributed by atoms with Gasteiger partial charge in [0.25, 0.3) is 0 Å². The third kappa shape index (κ3) is 2.76. The Morgan fingerprint density at radius 1 is 1.14 bits per heavy atom. The molecule has 2 aromatic rings. The molecule has 21 heavy (non-hydrogen) atoms. The normalized spacial score (nSPS) is 18.0. The second kappa shape index (κ2) is 5.66. The van der Waals surface area contributed by atoms with Crippen molar-refractivity contribution in [1.29, 1.82) is 0 Å². The highest BCUT2D eigenvalue weighted by molar-refractivity contribution is 6.33. The summed E-state index contributed by atoms with van der Waals surface area (Å²) in [7, 11) is 0. The number of hydrogen-bond donors (Lipinski definition) is 0. The summed E-state index contributed by atoms with van der Waals surface area (Å²) >= 11 is 12.0. The van der Waals surface area contributed by atoms with Crippen LogP contribution in [0.4, 0.5) is 10.1 Å². The Morgan fingerprint density at radius 2 is 1.90 bits per heavy atom. The van der Waals surface area contributed by atoms with E-state index in [0.717, 1.165) is 11.4 Å². The minimum atomic E-state index is -0.334. The first-order valence-electron chi connectivity index (χ1n) is 6.45. The molecule has 1 unspecified atom stereocenters. The summed E-state index contributed by atoms with van der Waals surface area (Å²) in [4.78, 5) is 0. The Hall–Kier alpha value is -1.58. The highest BCUT2D eigenvalue weighted by Crippen LogP contribution is 2.36. The van der Waals surface area contributed by atoms with Crippen molar-refractivity contribution < 1.29 is 4.39 Å². The van der Waals surface area contributed by atoms with E-state index >= 15 is 0 Å². The van der Waals surface area contributed by atoms with Gasteiger partial charge in [-0.25, -0.2) is 4.39 Å². The van der Waals surface area contributed by atoms with Crippen molar-refractivity contribution in [2.75, 3.05) is 5.01 Å². The van der Waals surface area contributed by atoms with Crippen LogP contribution in [0.3, 0.4) is 0 Å². The fourth-order valence-electron chi connectivity index (χ4n) is 2.35. The zero-order valence-corrected chi connectivity index (χ0v) is 12.7. The molecule has 0 amide bonds. The fraction of sp³-hybridized carbons (Fsp3) is 0.125. The zero-order chi connectivity index (χ0) is 15.0. The van der Waals surface area contributed by atoms with E-state index in [4.69, 9.17) is 23.2 Å². The Bertz CT molecular complexity index is 715. The van der Waals surface area contributed by atoms with E-state index in [0.29, 0.717) is 15.6 Å². The van der Waals surface area contributed by atoms with E-state index in [2.05, 4.69) is 5.10 Å². The monoisotopic (exact) mass is 321 g/mol. The van der Waals surface area contributed by atoms with Gasteiger partial charge in [0.1, 0.15) is 5.82 Å². The van der Waals surface area contributed by atoms with Crippen molar-refractivity contribution in [3.05, 3.63) is 70.4 Å². The first-order valence-corrected chi connectivity index (χ1v) is 7.20. The average Bonchev–Trinajstić information content (AvgIpc) is 2.81. The van der Waals surface area contributed by atoms with Gasteiger partial charge in [0, 0.05) is 10.7 Å². The quantitative estimate of drug-likeness (QED) is 0.735. The fourth-order valence-corrected chi connectivity index (χ4v) is 2.73. The average molecular weight is 322 g/mol. The third-order valence-electron chi connectivity index (χ3n) is 3.40. The number of rotatable bonds is 2. The van der Waals surface area contributed by atoms with Crippen molar-refractivity contribution >= 4 is 34.6 Å². The Labute approximate surface area is 132 Å². The summed E-state index contributed by atoms with van der Waals surface area (Å²) in [6, 6.07) is 12.1. The van der Waals surface area contributed by atoms with Crippen LogP contribution in [0.25, 0.3) is 0 Å². The van der Waals surface area contributed by atoms with Crippen molar-refractivity contribution in [2.24, 2.45) is 5.10 Å². The van der Waals surface area contributed by atoms with E-state index in [1.165, 1.54) is 6.07 Å². The largest absolute Gasteiger partial charge is 0.258 e. The molecule has 2 nitrogen and oxygen atoms in total. The lowest BCUT2D eigenvalue weighted by Gasteiger charge is -2.17. The highest BCUT2D eigenvalue weighted by Gasteiger charge is 2.29. The van der Waals surface area contributed by atoms with Crippen LogP contribution in [0.15, 0.2) is 47.6 Å². The van der Waals surface area contributed by atoms with E-state index in [1.807, 2.05) is 31.7 Å². The topological polar surface area (TPSA) is 15.6 Å². The van der Waals surface area contributed by atoms with Gasteiger partial charge in [-0.1, -0.05) is 41.4 Å². The van der Waals surface area contributed by atoms with E-state index in [1.54, 1.807) is 23.2 Å². The molecule has 0 saturated heterocycles. The summed E-state index contributed by atoms with van der Waals surface area (Å²) in [5.41, 5.74) is 2.13. The maximum absolute atomic E-state index is 14.1. The maximum Gasteiger partial charge on any atom is 0.128 e. The molecular formula is C16H12Cl2FN2. The molecule has 1 heterocycles. The SMILES string of the molecule is CC1=NN(c2ccccc2Cl)[CH]C1c1ccc(Cl)cc1F. The van der Waals surface area contributed by atoms with Crippen LogP contribution in [-0.4, -0.2) is 5.71 Å². The number of hydrazone groups is 1. The second-order valence-corrected chi connectivity index (χ2v) is 5.67. The summed E-state index contributed by atoms with van der Waals surface area (Å²) in [6.07, 6.45) is 0. The van der Waals surface area contributed by atoms with Gasteiger partial charge in [-0.15, -0.1) is 0 Å². The zero-order valence-electron chi connectivity index (χ0n) is 11.2. The van der Waals surface area contributed by atoms with Crippen LogP contribution < -0.4 is 5.01 Å². The van der Waals surface area contributed by atoms with Crippen LogP contribution in [0.2, 0.25) is 10.0 Å². The van der Waals surface area contributed by atoms with Crippen molar-refractivity contribution in [2.45, 2.75) is 12.8 Å². The van der Waals surface area contributed by atoms with Crippen LogP contribution in [-0.2, 0) is 0 Å². The lowest BCUT2D eigenvalue weighted by atomic mass is 9.95. The number of anilines is 1. The number of para-hydroxylation sites is 1. The predicted octanol–water partition coefficient (Wildman–Crippen LogP) is 5.27. The van der Waals surface area contributed by atoms with Gasteiger partial charge in [0.2, 0.25) is 0 Å². The second-order valence-electron chi connectivity index (χ2n) is 4.83. The molecule has 1 radical (unpaired) electrons. The molecule has 0 aromatic heterocycles. The number of benzene rings is 2. The Morgan fingerprint density at radius 3 is 2.62 bits per heavy atom. The van der Waals surface area contributed by atoms with Crippen LogP contribution in [0, 0.1) is 12.4 Å². The minimum Gasteiger partial charge on any atom is -0.258 e. The van der Waals surface area contributed by atoms with Crippen molar-refractivity contribution in [1.82, 2.24) is 0 Å². The molecule has 1 aliphatic rings. The van der Waals surface area contributed by atoms with Gasteiger partial charge in [-0.2, -0.15) is 5.10 Å². The first kappa shape index (κ1) is 14.4. The molecule has 2 aromatic carbocycles. The van der Waals surface area contributed by atoms with Gasteiger partial charge < -0.3 is 0 Å². The molecule has 0 saturated carbocycles. The van der Waals surface area contributed by atoms with Crippen molar-refractivity contribution in [3.63, 3.8) is 0 Å². The Kier molecular flexibility index (Phi) is 3.87. The summed E-state index contributed by atoms with van der Waals surface area (Å²) in [5.74, 6) is -0.558.